The van der Waals surface area contributed by atoms with E-state index in [4.69, 9.17) is 11.6 Å². The molecule has 2 aromatic rings. The highest BCUT2D eigenvalue weighted by Crippen LogP contribution is 2.24. The molecule has 1 aromatic carbocycles. The van der Waals surface area contributed by atoms with Crippen molar-refractivity contribution in [2.45, 2.75) is 13.8 Å². The molecule has 0 spiro atoms. The van der Waals surface area contributed by atoms with Crippen molar-refractivity contribution in [2.75, 3.05) is 12.0 Å². The van der Waals surface area contributed by atoms with Crippen molar-refractivity contribution >= 4 is 28.3 Å². The summed E-state index contributed by atoms with van der Waals surface area (Å²) in [6.45, 7) is 3.91. The van der Waals surface area contributed by atoms with Crippen LogP contribution >= 0.6 is 11.6 Å². The van der Waals surface area contributed by atoms with Gasteiger partial charge in [-0.15, -0.1) is 0 Å². The van der Waals surface area contributed by atoms with Crippen molar-refractivity contribution in [1.82, 2.24) is 4.68 Å². The number of benzene rings is 1. The van der Waals surface area contributed by atoms with Crippen molar-refractivity contribution in [1.29, 1.82) is 0 Å². The maximum atomic E-state index is 12.4. The molecule has 6 heteroatoms. The van der Waals surface area contributed by atoms with Crippen molar-refractivity contribution in [3.05, 3.63) is 44.8 Å². The summed E-state index contributed by atoms with van der Waals surface area (Å²) in [4.78, 5) is 23.8. The van der Waals surface area contributed by atoms with Crippen LogP contribution < -0.4 is 11.0 Å². The molecule has 0 unspecified atom stereocenters. The van der Waals surface area contributed by atoms with Crippen LogP contribution in [0.2, 0.25) is 5.02 Å². The van der Waals surface area contributed by atoms with E-state index in [0.29, 0.717) is 17.6 Å². The van der Waals surface area contributed by atoms with Crippen LogP contribution in [-0.4, -0.2) is 22.3 Å². The van der Waals surface area contributed by atoms with Crippen molar-refractivity contribution < 1.29 is 9.90 Å². The largest absolute Gasteiger partial charge is 0.478 e. The Hall–Kier alpha value is -2.01. The van der Waals surface area contributed by atoms with Gasteiger partial charge in [0.2, 0.25) is 0 Å². The van der Waals surface area contributed by atoms with E-state index in [1.54, 1.807) is 25.1 Å². The smallest absolute Gasteiger partial charge is 0.338 e. The third-order valence-corrected chi connectivity index (χ3v) is 3.24. The molecule has 0 atom stereocenters. The molecule has 0 fully saturated rings. The minimum atomic E-state index is -1.09. The molecular weight excluding hydrogens is 268 g/mol. The molecule has 0 radical (unpaired) electrons. The van der Waals surface area contributed by atoms with E-state index in [-0.39, 0.29) is 21.5 Å². The third kappa shape index (κ3) is 2.06. The van der Waals surface area contributed by atoms with Crippen molar-refractivity contribution in [3.8, 4) is 0 Å². The Bertz CT molecular complexity index is 722. The summed E-state index contributed by atoms with van der Waals surface area (Å²) in [5.74, 6) is -1.09. The average Bonchev–Trinajstić information content (AvgIpc) is 2.34. The second-order valence-corrected chi connectivity index (χ2v) is 4.49. The van der Waals surface area contributed by atoms with Crippen LogP contribution in [0.5, 0.6) is 0 Å². The second kappa shape index (κ2) is 4.93. The van der Waals surface area contributed by atoms with Crippen LogP contribution in [0.3, 0.4) is 0 Å². The van der Waals surface area contributed by atoms with Gasteiger partial charge in [0, 0.05) is 11.9 Å². The summed E-state index contributed by atoms with van der Waals surface area (Å²) in [5, 5.41) is 10.2. The normalized spacial score (nSPS) is 10.7. The Labute approximate surface area is 114 Å². The predicted octanol–water partition coefficient (Wildman–Crippen LogP) is 2.22. The molecule has 2 N–H and O–H groups in total. The summed E-state index contributed by atoms with van der Waals surface area (Å²) in [5.41, 5.74) is 2.94. The standard InChI is InChI=1S/C13H13ClN2O3/c1-3-15-16-7(2)10(13(18)19)8-5-4-6-9(14)11(8)12(16)17/h4-6,15H,3H2,1-2H3,(H,18,19). The van der Waals surface area contributed by atoms with E-state index in [0.717, 1.165) is 0 Å². The van der Waals surface area contributed by atoms with Gasteiger partial charge in [-0.1, -0.05) is 23.7 Å². The highest BCUT2D eigenvalue weighted by atomic mass is 35.5. The molecule has 0 amide bonds. The Morgan fingerprint density at radius 2 is 2.16 bits per heavy atom. The monoisotopic (exact) mass is 280 g/mol. The first-order valence-electron chi connectivity index (χ1n) is 5.80. The Balaban J connectivity index is 3.04. The zero-order valence-electron chi connectivity index (χ0n) is 10.5. The number of carbonyl (C=O) groups is 1. The molecule has 5 nitrogen and oxygen atoms in total. The molecule has 0 saturated carbocycles. The Morgan fingerprint density at radius 1 is 1.47 bits per heavy atom. The number of nitrogens with one attached hydrogen (secondary N) is 1. The predicted molar refractivity (Wildman–Crippen MR) is 74.8 cm³/mol. The zero-order chi connectivity index (χ0) is 14.2. The molecule has 1 aromatic heterocycles. The minimum Gasteiger partial charge on any atom is -0.478 e. The summed E-state index contributed by atoms with van der Waals surface area (Å²) in [7, 11) is 0. The lowest BCUT2D eigenvalue weighted by atomic mass is 10.0. The maximum Gasteiger partial charge on any atom is 0.338 e. The van der Waals surface area contributed by atoms with E-state index >= 15 is 0 Å². The minimum absolute atomic E-state index is 0.0815. The van der Waals surface area contributed by atoms with Gasteiger partial charge in [-0.05, 0) is 19.9 Å². The summed E-state index contributed by atoms with van der Waals surface area (Å²) < 4.78 is 1.23. The average molecular weight is 281 g/mol. The van der Waals surface area contributed by atoms with Gasteiger partial charge in [-0.2, -0.15) is 0 Å². The quantitative estimate of drug-likeness (QED) is 0.904. The topological polar surface area (TPSA) is 71.3 Å². The van der Waals surface area contributed by atoms with Crippen LogP contribution in [0.25, 0.3) is 10.8 Å². The number of nitrogens with zero attached hydrogens (tertiary/aromatic N) is 1. The molecule has 0 aliphatic heterocycles. The first-order chi connectivity index (χ1) is 8.99. The number of aromatic carboxylic acids is 1. The highest BCUT2D eigenvalue weighted by molar-refractivity contribution is 6.35. The number of aromatic nitrogens is 1. The fourth-order valence-electron chi connectivity index (χ4n) is 2.14. The van der Waals surface area contributed by atoms with Gasteiger partial charge in [0.05, 0.1) is 21.7 Å². The number of hydrogen-bond donors (Lipinski definition) is 2. The van der Waals surface area contributed by atoms with E-state index in [9.17, 15) is 14.7 Å². The molecule has 100 valence electrons. The first-order valence-corrected chi connectivity index (χ1v) is 6.17. The van der Waals surface area contributed by atoms with E-state index < -0.39 is 5.97 Å². The van der Waals surface area contributed by atoms with E-state index in [1.165, 1.54) is 4.68 Å². The van der Waals surface area contributed by atoms with Gasteiger partial charge in [0.25, 0.3) is 5.56 Å². The SMILES string of the molecule is CCNn1c(C)c(C(=O)O)c2cccc(Cl)c2c1=O. The fraction of sp³-hybridized carbons (Fsp3) is 0.231. The second-order valence-electron chi connectivity index (χ2n) is 4.08. The lowest BCUT2D eigenvalue weighted by Crippen LogP contribution is -2.32. The van der Waals surface area contributed by atoms with Crippen molar-refractivity contribution in [2.24, 2.45) is 0 Å². The highest BCUT2D eigenvalue weighted by Gasteiger charge is 2.19. The van der Waals surface area contributed by atoms with E-state index in [1.807, 2.05) is 6.92 Å². The molecule has 0 saturated heterocycles. The number of pyridine rings is 1. The number of fused-ring (bicyclic) bond motifs is 1. The number of halogens is 1. The van der Waals surface area contributed by atoms with Crippen LogP contribution in [0, 0.1) is 6.92 Å². The number of carboxylic acid groups (broad SMARTS) is 1. The van der Waals surface area contributed by atoms with Crippen molar-refractivity contribution in [3.63, 3.8) is 0 Å². The first kappa shape index (κ1) is 13.4. The summed E-state index contributed by atoms with van der Waals surface area (Å²) >= 11 is 6.03. The van der Waals surface area contributed by atoms with Gasteiger partial charge in [-0.25, -0.2) is 9.47 Å². The lowest BCUT2D eigenvalue weighted by molar-refractivity contribution is 0.0697. The molecule has 2 rings (SSSR count). The van der Waals surface area contributed by atoms with Crippen LogP contribution in [0.15, 0.2) is 23.0 Å². The molecule has 0 bridgehead atoms. The lowest BCUT2D eigenvalue weighted by Gasteiger charge is -2.16. The zero-order valence-corrected chi connectivity index (χ0v) is 11.3. The van der Waals surface area contributed by atoms with Gasteiger partial charge in [0.15, 0.2) is 0 Å². The van der Waals surface area contributed by atoms with Crippen LogP contribution in [-0.2, 0) is 0 Å². The van der Waals surface area contributed by atoms with Crippen LogP contribution in [0.1, 0.15) is 23.0 Å². The maximum absolute atomic E-state index is 12.4. The number of carboxylic acids is 1. The van der Waals surface area contributed by atoms with Gasteiger partial charge in [-0.3, -0.25) is 4.79 Å². The summed E-state index contributed by atoms with van der Waals surface area (Å²) in [6, 6.07) is 4.80. The van der Waals surface area contributed by atoms with Gasteiger partial charge < -0.3 is 10.5 Å². The van der Waals surface area contributed by atoms with Gasteiger partial charge >= 0.3 is 5.97 Å². The number of rotatable bonds is 3. The fourth-order valence-corrected chi connectivity index (χ4v) is 2.39. The molecule has 0 aliphatic carbocycles. The third-order valence-electron chi connectivity index (χ3n) is 2.93. The molecule has 0 aliphatic rings. The molecule has 1 heterocycles. The Kier molecular flexibility index (Phi) is 3.48. The van der Waals surface area contributed by atoms with Gasteiger partial charge in [0.1, 0.15) is 0 Å². The van der Waals surface area contributed by atoms with E-state index in [2.05, 4.69) is 5.43 Å². The molecule has 19 heavy (non-hydrogen) atoms. The number of hydrogen-bond acceptors (Lipinski definition) is 3. The molecular formula is C13H13ClN2O3. The summed E-state index contributed by atoms with van der Waals surface area (Å²) in [6.07, 6.45) is 0. The Morgan fingerprint density at radius 3 is 2.74 bits per heavy atom. The van der Waals surface area contributed by atoms with Crippen LogP contribution in [0.4, 0.5) is 0 Å².